The van der Waals surface area contributed by atoms with Crippen LogP contribution in [0.25, 0.3) is 10.9 Å². The van der Waals surface area contributed by atoms with Crippen molar-refractivity contribution in [3.05, 3.63) is 40.7 Å². The molecule has 4 heteroatoms. The minimum Gasteiger partial charge on any atom is -0.426 e. The number of carbonyl (C=O) groups excluding carboxylic acids is 1. The van der Waals surface area contributed by atoms with Gasteiger partial charge in [-0.2, -0.15) is 0 Å². The molecule has 0 aliphatic rings. The van der Waals surface area contributed by atoms with E-state index < -0.39 is 0 Å². The van der Waals surface area contributed by atoms with Crippen LogP contribution < -0.4 is 10.3 Å². The number of ether oxygens (including phenoxy) is 1. The molecule has 0 saturated carbocycles. The van der Waals surface area contributed by atoms with Crippen LogP contribution in [-0.2, 0) is 4.79 Å². The minimum atomic E-state index is -0.381. The summed E-state index contributed by atoms with van der Waals surface area (Å²) < 4.78 is 5.01. The number of hydrogen-bond acceptors (Lipinski definition) is 3. The third kappa shape index (κ3) is 1.88. The molecule has 0 fully saturated rings. The molecule has 1 N–H and O–H groups in total. The van der Waals surface area contributed by atoms with Crippen LogP contribution in [0.1, 0.15) is 6.92 Å². The van der Waals surface area contributed by atoms with Crippen molar-refractivity contribution < 1.29 is 9.53 Å². The maximum absolute atomic E-state index is 11.1. The Hall–Kier alpha value is -2.10. The lowest BCUT2D eigenvalue weighted by Crippen LogP contribution is -2.05. The number of benzene rings is 1. The second-order valence-electron chi connectivity index (χ2n) is 3.13. The quantitative estimate of drug-likeness (QED) is 0.563. The molecule has 1 aromatic heterocycles. The number of carbonyl (C=O) groups is 1. The summed E-state index contributed by atoms with van der Waals surface area (Å²) in [6.07, 6.45) is 0. The van der Waals surface area contributed by atoms with Crippen molar-refractivity contribution in [1.82, 2.24) is 4.98 Å². The number of rotatable bonds is 1. The van der Waals surface area contributed by atoms with E-state index in [2.05, 4.69) is 4.98 Å². The van der Waals surface area contributed by atoms with Crippen LogP contribution >= 0.6 is 0 Å². The molecule has 0 spiro atoms. The number of fused-ring (bicyclic) bond motifs is 1. The van der Waals surface area contributed by atoms with Crippen molar-refractivity contribution in [2.24, 2.45) is 0 Å². The average Bonchev–Trinajstić information content (AvgIpc) is 2.16. The van der Waals surface area contributed by atoms with E-state index in [1.54, 1.807) is 24.3 Å². The first-order valence-corrected chi connectivity index (χ1v) is 4.47. The van der Waals surface area contributed by atoms with Crippen molar-refractivity contribution in [2.75, 3.05) is 0 Å². The molecule has 15 heavy (non-hydrogen) atoms. The molecule has 2 aromatic rings. The van der Waals surface area contributed by atoms with Crippen LogP contribution in [0.3, 0.4) is 0 Å². The molecule has 0 radical (unpaired) electrons. The second kappa shape index (κ2) is 3.57. The fourth-order valence-electron chi connectivity index (χ4n) is 1.40. The SMILES string of the molecule is CC(=O)Oc1cccc2[nH]c(=O)ccc12. The Labute approximate surface area is 85.5 Å². The van der Waals surface area contributed by atoms with Crippen molar-refractivity contribution in [3.8, 4) is 5.75 Å². The first kappa shape index (κ1) is 9.45. The first-order chi connectivity index (χ1) is 7.16. The Bertz CT molecular complexity index is 571. The molecule has 0 amide bonds. The van der Waals surface area contributed by atoms with Crippen LogP contribution in [0, 0.1) is 0 Å². The highest BCUT2D eigenvalue weighted by Crippen LogP contribution is 2.22. The lowest BCUT2D eigenvalue weighted by atomic mass is 10.2. The Morgan fingerprint density at radius 2 is 2.07 bits per heavy atom. The largest absolute Gasteiger partial charge is 0.426 e. The highest BCUT2D eigenvalue weighted by molar-refractivity contribution is 5.87. The van der Waals surface area contributed by atoms with E-state index in [-0.39, 0.29) is 11.5 Å². The smallest absolute Gasteiger partial charge is 0.308 e. The molecule has 0 atom stereocenters. The first-order valence-electron chi connectivity index (χ1n) is 4.47. The van der Waals surface area contributed by atoms with E-state index in [4.69, 9.17) is 4.74 Å². The van der Waals surface area contributed by atoms with Gasteiger partial charge in [-0.15, -0.1) is 0 Å². The molecule has 0 saturated heterocycles. The summed E-state index contributed by atoms with van der Waals surface area (Å²) in [5.74, 6) is 0.0740. The maximum Gasteiger partial charge on any atom is 0.308 e. The van der Waals surface area contributed by atoms with Crippen LogP contribution in [0.4, 0.5) is 0 Å². The van der Waals surface area contributed by atoms with Crippen molar-refractivity contribution >= 4 is 16.9 Å². The summed E-state index contributed by atoms with van der Waals surface area (Å²) in [4.78, 5) is 24.5. The normalized spacial score (nSPS) is 10.2. The maximum atomic E-state index is 11.1. The van der Waals surface area contributed by atoms with E-state index in [9.17, 15) is 9.59 Å². The number of esters is 1. The summed E-state index contributed by atoms with van der Waals surface area (Å²) >= 11 is 0. The van der Waals surface area contributed by atoms with Crippen LogP contribution in [0.2, 0.25) is 0 Å². The zero-order valence-corrected chi connectivity index (χ0v) is 8.11. The van der Waals surface area contributed by atoms with Gasteiger partial charge in [0.1, 0.15) is 5.75 Å². The topological polar surface area (TPSA) is 59.2 Å². The molecule has 1 heterocycles. The summed E-state index contributed by atoms with van der Waals surface area (Å²) in [5.41, 5.74) is 0.476. The number of nitrogens with one attached hydrogen (secondary N) is 1. The fourth-order valence-corrected chi connectivity index (χ4v) is 1.40. The predicted octanol–water partition coefficient (Wildman–Crippen LogP) is 1.45. The van der Waals surface area contributed by atoms with Gasteiger partial charge in [0.15, 0.2) is 0 Å². The van der Waals surface area contributed by atoms with E-state index in [0.29, 0.717) is 16.7 Å². The van der Waals surface area contributed by atoms with Crippen molar-refractivity contribution in [1.29, 1.82) is 0 Å². The molecule has 2 rings (SSSR count). The van der Waals surface area contributed by atoms with E-state index in [1.165, 1.54) is 13.0 Å². The molecular weight excluding hydrogens is 194 g/mol. The number of H-pyrrole nitrogens is 1. The highest BCUT2D eigenvalue weighted by atomic mass is 16.5. The van der Waals surface area contributed by atoms with Crippen molar-refractivity contribution in [2.45, 2.75) is 6.92 Å². The Morgan fingerprint density at radius 1 is 1.27 bits per heavy atom. The van der Waals surface area contributed by atoms with Gasteiger partial charge in [0.2, 0.25) is 5.56 Å². The van der Waals surface area contributed by atoms with Crippen molar-refractivity contribution in [3.63, 3.8) is 0 Å². The molecule has 76 valence electrons. The number of aromatic amines is 1. The molecule has 0 aliphatic carbocycles. The van der Waals surface area contributed by atoms with Crippen LogP contribution in [0.15, 0.2) is 35.1 Å². The Kier molecular flexibility index (Phi) is 2.25. The van der Waals surface area contributed by atoms with E-state index in [1.807, 2.05) is 0 Å². The van der Waals surface area contributed by atoms with E-state index in [0.717, 1.165) is 0 Å². The third-order valence-electron chi connectivity index (χ3n) is 1.98. The summed E-state index contributed by atoms with van der Waals surface area (Å²) in [6, 6.07) is 8.18. The van der Waals surface area contributed by atoms with Gasteiger partial charge < -0.3 is 9.72 Å². The molecular formula is C11H9NO3. The summed E-state index contributed by atoms with van der Waals surface area (Å²) in [5, 5.41) is 0.715. The Balaban J connectivity index is 2.65. The standard InChI is InChI=1S/C11H9NO3/c1-7(13)15-10-4-2-3-9-8(10)5-6-11(14)12-9/h2-6H,1H3,(H,12,14). The van der Waals surface area contributed by atoms with Gasteiger partial charge in [-0.1, -0.05) is 6.07 Å². The molecule has 0 bridgehead atoms. The van der Waals surface area contributed by atoms with Crippen LogP contribution in [-0.4, -0.2) is 11.0 Å². The summed E-state index contributed by atoms with van der Waals surface area (Å²) in [7, 11) is 0. The van der Waals surface area contributed by atoms with Gasteiger partial charge in [0.05, 0.1) is 5.52 Å². The average molecular weight is 203 g/mol. The Morgan fingerprint density at radius 3 is 2.80 bits per heavy atom. The summed E-state index contributed by atoms with van der Waals surface area (Å²) in [6.45, 7) is 1.34. The van der Waals surface area contributed by atoms with Gasteiger partial charge >= 0.3 is 5.97 Å². The number of pyridine rings is 1. The lowest BCUT2D eigenvalue weighted by Gasteiger charge is -2.04. The predicted molar refractivity (Wildman–Crippen MR) is 55.9 cm³/mol. The third-order valence-corrected chi connectivity index (χ3v) is 1.98. The number of aromatic nitrogens is 1. The van der Waals surface area contributed by atoms with Crippen LogP contribution in [0.5, 0.6) is 5.75 Å². The van der Waals surface area contributed by atoms with E-state index >= 15 is 0 Å². The molecule has 4 nitrogen and oxygen atoms in total. The minimum absolute atomic E-state index is 0.178. The van der Waals surface area contributed by atoms with Gasteiger partial charge in [-0.25, -0.2) is 0 Å². The monoisotopic (exact) mass is 203 g/mol. The lowest BCUT2D eigenvalue weighted by molar-refractivity contribution is -0.131. The fraction of sp³-hybridized carbons (Fsp3) is 0.0909. The zero-order chi connectivity index (χ0) is 10.8. The van der Waals surface area contributed by atoms with Gasteiger partial charge in [0, 0.05) is 18.4 Å². The van der Waals surface area contributed by atoms with Gasteiger partial charge in [-0.05, 0) is 18.2 Å². The molecule has 0 aliphatic heterocycles. The second-order valence-corrected chi connectivity index (χ2v) is 3.13. The highest BCUT2D eigenvalue weighted by Gasteiger charge is 2.04. The molecule has 1 aromatic carbocycles. The van der Waals surface area contributed by atoms with Gasteiger partial charge in [0.25, 0.3) is 0 Å². The number of hydrogen-bond donors (Lipinski definition) is 1. The van der Waals surface area contributed by atoms with Gasteiger partial charge in [-0.3, -0.25) is 9.59 Å². The molecule has 0 unspecified atom stereocenters. The zero-order valence-electron chi connectivity index (χ0n) is 8.11.